The van der Waals surface area contributed by atoms with Crippen LogP contribution >= 0.6 is 11.6 Å². The van der Waals surface area contributed by atoms with Crippen LogP contribution in [0.2, 0.25) is 5.02 Å². The normalized spacial score (nSPS) is 16.2. The minimum atomic E-state index is -3.65. The molecule has 0 bridgehead atoms. The lowest BCUT2D eigenvalue weighted by Gasteiger charge is -2.35. The maximum atomic E-state index is 14.7. The van der Waals surface area contributed by atoms with Crippen LogP contribution in [0.1, 0.15) is 67.4 Å². The van der Waals surface area contributed by atoms with Crippen molar-refractivity contribution < 1.29 is 41.1 Å². The number of aromatic nitrogens is 2. The van der Waals surface area contributed by atoms with Crippen molar-refractivity contribution >= 4 is 45.2 Å². The van der Waals surface area contributed by atoms with E-state index in [-0.39, 0.29) is 64.1 Å². The van der Waals surface area contributed by atoms with Crippen molar-refractivity contribution in [1.29, 1.82) is 0 Å². The molecule has 51 heavy (non-hydrogen) atoms. The first-order valence-electron chi connectivity index (χ1n) is 16.4. The second-order valence-electron chi connectivity index (χ2n) is 13.5. The molecule has 3 amide bonds. The largest absolute Gasteiger partial charge is 0.494 e. The van der Waals surface area contributed by atoms with E-state index in [0.29, 0.717) is 38.8 Å². The van der Waals surface area contributed by atoms with E-state index in [2.05, 4.69) is 15.0 Å². The molecule has 3 aromatic rings. The van der Waals surface area contributed by atoms with E-state index < -0.39 is 44.5 Å². The summed E-state index contributed by atoms with van der Waals surface area (Å²) in [7, 11) is -0.943. The van der Waals surface area contributed by atoms with Crippen molar-refractivity contribution in [3.8, 4) is 17.0 Å². The quantitative estimate of drug-likeness (QED) is 0.319. The number of hydrogen-bond acceptors (Lipinski definition) is 8. The monoisotopic (exact) mass is 750 g/mol. The van der Waals surface area contributed by atoms with Gasteiger partial charge in [-0.2, -0.15) is 4.39 Å². The van der Waals surface area contributed by atoms with Crippen molar-refractivity contribution in [1.82, 2.24) is 24.1 Å². The van der Waals surface area contributed by atoms with Crippen LogP contribution < -0.4 is 14.8 Å². The molecule has 17 heteroatoms. The average molecular weight is 751 g/mol. The fourth-order valence-corrected chi connectivity index (χ4v) is 8.07. The molecule has 5 rings (SSSR count). The molecule has 2 aliphatic heterocycles. The van der Waals surface area contributed by atoms with Crippen molar-refractivity contribution in [2.24, 2.45) is 7.05 Å². The van der Waals surface area contributed by atoms with Crippen LogP contribution in [0.15, 0.2) is 36.5 Å². The summed E-state index contributed by atoms with van der Waals surface area (Å²) in [6, 6.07) is 6.67. The first-order chi connectivity index (χ1) is 24.0. The standard InChI is InChI=1S/C34H41ClF2N6O7S/c1-34(2,3)50-33(46)43-16-12-22(13-17-43)51(47,48)40-20-10-14-42(15-11-20)32(45)23-7-6-21(18-25(23)35)39-31(44)30-38-19-26(41(30)4)24-8-9-27(49-5)29(37)28(24)36/h6-9,18-20,22,40H,10-17H2,1-5H3,(H,39,44). The van der Waals surface area contributed by atoms with Gasteiger partial charge in [-0.3, -0.25) is 9.59 Å². The third kappa shape index (κ3) is 8.61. The lowest BCUT2D eigenvalue weighted by Crippen LogP contribution is -2.51. The molecule has 2 aliphatic rings. The number of anilines is 1. The molecule has 0 unspecified atom stereocenters. The SMILES string of the molecule is COc1ccc(-c2cnc(C(=O)Nc3ccc(C(=O)N4CCC(NS(=O)(=O)C5CCN(C(=O)OC(C)(C)C)CC5)CC4)c(Cl)c3)n2C)c(F)c1F. The van der Waals surface area contributed by atoms with Crippen LogP contribution in [0.4, 0.5) is 19.3 Å². The van der Waals surface area contributed by atoms with Gasteiger partial charge in [0.15, 0.2) is 17.4 Å². The van der Waals surface area contributed by atoms with Gasteiger partial charge in [0.1, 0.15) is 5.60 Å². The van der Waals surface area contributed by atoms with Crippen LogP contribution in [-0.2, 0) is 21.8 Å². The van der Waals surface area contributed by atoms with Gasteiger partial charge in [0.05, 0.1) is 34.8 Å². The van der Waals surface area contributed by atoms with Gasteiger partial charge in [-0.05, 0) is 76.8 Å². The Morgan fingerprint density at radius 1 is 0.961 bits per heavy atom. The van der Waals surface area contributed by atoms with E-state index in [1.165, 1.54) is 60.2 Å². The number of halogens is 3. The summed E-state index contributed by atoms with van der Waals surface area (Å²) in [4.78, 5) is 46.0. The van der Waals surface area contributed by atoms with Gasteiger partial charge < -0.3 is 29.2 Å². The molecule has 0 saturated carbocycles. The number of amides is 3. The zero-order valence-corrected chi connectivity index (χ0v) is 30.5. The molecule has 1 aromatic heterocycles. The number of piperidine rings is 2. The number of methoxy groups -OCH3 is 1. The smallest absolute Gasteiger partial charge is 0.410 e. The van der Waals surface area contributed by atoms with Gasteiger partial charge in [-0.1, -0.05) is 11.6 Å². The van der Waals surface area contributed by atoms with Gasteiger partial charge >= 0.3 is 6.09 Å². The van der Waals surface area contributed by atoms with Gasteiger partial charge in [-0.25, -0.2) is 27.3 Å². The van der Waals surface area contributed by atoms with Gasteiger partial charge in [0.2, 0.25) is 15.8 Å². The van der Waals surface area contributed by atoms with Crippen molar-refractivity contribution in [2.75, 3.05) is 38.6 Å². The zero-order valence-electron chi connectivity index (χ0n) is 29.0. The minimum Gasteiger partial charge on any atom is -0.494 e. The molecule has 0 atom stereocenters. The third-order valence-electron chi connectivity index (χ3n) is 8.84. The summed E-state index contributed by atoms with van der Waals surface area (Å²) in [6.45, 7) is 6.52. The Kier molecular flexibility index (Phi) is 11.3. The van der Waals surface area contributed by atoms with E-state index >= 15 is 0 Å². The highest BCUT2D eigenvalue weighted by Gasteiger charge is 2.35. The predicted octanol–water partition coefficient (Wildman–Crippen LogP) is 5.20. The summed E-state index contributed by atoms with van der Waals surface area (Å²) < 4.78 is 69.6. The molecule has 0 radical (unpaired) electrons. The molecule has 276 valence electrons. The van der Waals surface area contributed by atoms with E-state index in [9.17, 15) is 31.6 Å². The van der Waals surface area contributed by atoms with E-state index in [0.717, 1.165) is 0 Å². The van der Waals surface area contributed by atoms with Crippen LogP contribution in [-0.4, -0.2) is 95.9 Å². The van der Waals surface area contributed by atoms with Gasteiger partial charge in [0, 0.05) is 50.5 Å². The summed E-state index contributed by atoms with van der Waals surface area (Å²) in [5.74, 6) is -3.63. The van der Waals surface area contributed by atoms with E-state index in [4.69, 9.17) is 21.1 Å². The molecular formula is C34H41ClF2N6O7S. The lowest BCUT2D eigenvalue weighted by molar-refractivity contribution is 0.0216. The summed E-state index contributed by atoms with van der Waals surface area (Å²) in [5.41, 5.74) is -0.0903. The second-order valence-corrected chi connectivity index (χ2v) is 15.9. The number of likely N-dealkylation sites (tertiary alicyclic amines) is 2. The molecule has 0 spiro atoms. The number of hydrogen-bond donors (Lipinski definition) is 2. The molecule has 2 saturated heterocycles. The average Bonchev–Trinajstić information content (AvgIpc) is 3.46. The number of imidazole rings is 1. The Labute approximate surface area is 300 Å². The third-order valence-corrected chi connectivity index (χ3v) is 11.2. The van der Waals surface area contributed by atoms with Crippen LogP contribution in [0.25, 0.3) is 11.3 Å². The first kappa shape index (κ1) is 38.0. The van der Waals surface area contributed by atoms with Crippen molar-refractivity contribution in [3.05, 3.63) is 64.6 Å². The predicted molar refractivity (Wildman–Crippen MR) is 186 cm³/mol. The van der Waals surface area contributed by atoms with Crippen molar-refractivity contribution in [2.45, 2.75) is 63.3 Å². The fraction of sp³-hybridized carbons (Fsp3) is 0.471. The number of benzene rings is 2. The number of carbonyl (C=O) groups excluding carboxylic acids is 3. The maximum absolute atomic E-state index is 14.7. The molecule has 2 fully saturated rings. The van der Waals surface area contributed by atoms with Crippen molar-refractivity contribution in [3.63, 3.8) is 0 Å². The lowest BCUT2D eigenvalue weighted by atomic mass is 10.0. The Morgan fingerprint density at radius 3 is 2.22 bits per heavy atom. The molecular weight excluding hydrogens is 710 g/mol. The summed E-state index contributed by atoms with van der Waals surface area (Å²) >= 11 is 6.48. The number of nitrogens with one attached hydrogen (secondary N) is 2. The Morgan fingerprint density at radius 2 is 1.61 bits per heavy atom. The summed E-state index contributed by atoms with van der Waals surface area (Å²) in [6.07, 6.45) is 2.21. The highest BCUT2D eigenvalue weighted by molar-refractivity contribution is 7.90. The van der Waals surface area contributed by atoms with Crippen LogP contribution in [0.5, 0.6) is 5.75 Å². The maximum Gasteiger partial charge on any atom is 0.410 e. The fourth-order valence-electron chi connectivity index (χ4n) is 6.09. The van der Waals surface area contributed by atoms with Gasteiger partial charge in [-0.15, -0.1) is 0 Å². The topological polar surface area (TPSA) is 152 Å². The van der Waals surface area contributed by atoms with Crippen LogP contribution in [0.3, 0.4) is 0 Å². The Bertz CT molecular complexity index is 1920. The number of rotatable bonds is 8. The van der Waals surface area contributed by atoms with E-state index in [1.54, 1.807) is 25.7 Å². The van der Waals surface area contributed by atoms with E-state index in [1.807, 2.05) is 0 Å². The molecule has 0 aliphatic carbocycles. The zero-order chi connectivity index (χ0) is 37.2. The Balaban J connectivity index is 1.14. The number of ether oxygens (including phenoxy) is 2. The first-order valence-corrected chi connectivity index (χ1v) is 18.3. The number of nitrogens with zero attached hydrogens (tertiary/aromatic N) is 4. The number of sulfonamides is 1. The highest BCUT2D eigenvalue weighted by Crippen LogP contribution is 2.31. The van der Waals surface area contributed by atoms with Crippen LogP contribution in [0, 0.1) is 11.6 Å². The summed E-state index contributed by atoms with van der Waals surface area (Å²) in [5, 5.41) is 2.12. The molecule has 2 N–H and O–H groups in total. The number of carbonyl (C=O) groups is 3. The molecule has 2 aromatic carbocycles. The highest BCUT2D eigenvalue weighted by atomic mass is 35.5. The minimum absolute atomic E-state index is 0.0818. The second kappa shape index (κ2) is 15.1. The molecule has 13 nitrogen and oxygen atoms in total. The molecule has 3 heterocycles. The van der Waals surface area contributed by atoms with Gasteiger partial charge in [0.25, 0.3) is 11.8 Å². The Hall–Kier alpha value is -4.28.